The predicted octanol–water partition coefficient (Wildman–Crippen LogP) is 2.29. The maximum atomic E-state index is 11.6. The lowest BCUT2D eigenvalue weighted by Gasteiger charge is -2.11. The quantitative estimate of drug-likeness (QED) is 0.582. The Hall–Kier alpha value is -1.35. The second-order valence-electron chi connectivity index (χ2n) is 4.17. The molecule has 0 aliphatic heterocycles. The van der Waals surface area contributed by atoms with Crippen LogP contribution in [0.3, 0.4) is 0 Å². The molecule has 1 aromatic rings. The number of hydrogen-bond acceptors (Lipinski definition) is 3. The van der Waals surface area contributed by atoms with Gasteiger partial charge in [0, 0.05) is 0 Å². The second kappa shape index (κ2) is 7.85. The number of carbonyl (C=O) groups is 1. The summed E-state index contributed by atoms with van der Waals surface area (Å²) < 4.78 is 5.11. The fraction of sp³-hybridized carbons (Fsp3) is 0.500. The van der Waals surface area contributed by atoms with Crippen LogP contribution in [-0.2, 0) is 16.0 Å². The summed E-state index contributed by atoms with van der Waals surface area (Å²) in [5.74, 6) is -0.301. The summed E-state index contributed by atoms with van der Waals surface area (Å²) in [4.78, 5) is 11.6. The Labute approximate surface area is 103 Å². The zero-order valence-electron chi connectivity index (χ0n) is 10.4. The Morgan fingerprint density at radius 1 is 1.29 bits per heavy atom. The van der Waals surface area contributed by atoms with Crippen LogP contribution < -0.4 is 5.73 Å². The number of nitrogens with two attached hydrogens (primary N) is 1. The Morgan fingerprint density at radius 3 is 2.65 bits per heavy atom. The summed E-state index contributed by atoms with van der Waals surface area (Å²) in [6, 6.07) is 9.19. The molecule has 0 saturated heterocycles. The van der Waals surface area contributed by atoms with Crippen molar-refractivity contribution in [2.45, 2.75) is 38.6 Å². The molecule has 94 valence electrons. The van der Waals surface area contributed by atoms with Gasteiger partial charge in [-0.1, -0.05) is 50.1 Å². The lowest BCUT2D eigenvalue weighted by molar-refractivity contribution is -0.145. The number of unbranched alkanes of at least 4 members (excludes halogenated alkanes) is 2. The molecule has 1 rings (SSSR count). The van der Waals surface area contributed by atoms with Gasteiger partial charge in [-0.25, -0.2) is 0 Å². The minimum absolute atomic E-state index is 0.301. The van der Waals surface area contributed by atoms with E-state index in [1.54, 1.807) is 0 Å². The van der Waals surface area contributed by atoms with Crippen molar-refractivity contribution in [1.29, 1.82) is 0 Å². The van der Waals surface area contributed by atoms with E-state index in [0.717, 1.165) is 24.8 Å². The number of carbonyl (C=O) groups excluding carboxylic acids is 1. The first-order chi connectivity index (χ1) is 8.24. The third-order valence-corrected chi connectivity index (χ3v) is 2.59. The van der Waals surface area contributed by atoms with E-state index >= 15 is 0 Å². The highest BCUT2D eigenvalue weighted by molar-refractivity contribution is 5.75. The van der Waals surface area contributed by atoms with Gasteiger partial charge in [0.2, 0.25) is 0 Å². The van der Waals surface area contributed by atoms with Crippen molar-refractivity contribution in [3.63, 3.8) is 0 Å². The molecule has 17 heavy (non-hydrogen) atoms. The third-order valence-electron chi connectivity index (χ3n) is 2.59. The number of esters is 1. The van der Waals surface area contributed by atoms with Crippen LogP contribution in [-0.4, -0.2) is 18.6 Å². The summed E-state index contributed by atoms with van der Waals surface area (Å²) in [7, 11) is 0. The maximum Gasteiger partial charge on any atom is 0.323 e. The third kappa shape index (κ3) is 5.50. The largest absolute Gasteiger partial charge is 0.465 e. The normalized spacial score (nSPS) is 12.1. The first-order valence-corrected chi connectivity index (χ1v) is 6.20. The van der Waals surface area contributed by atoms with Crippen LogP contribution in [0.1, 0.15) is 31.7 Å². The van der Waals surface area contributed by atoms with E-state index in [9.17, 15) is 4.79 Å². The molecule has 0 aliphatic rings. The summed E-state index contributed by atoms with van der Waals surface area (Å²) in [6.45, 7) is 2.60. The zero-order valence-corrected chi connectivity index (χ0v) is 10.4. The topological polar surface area (TPSA) is 52.3 Å². The minimum Gasteiger partial charge on any atom is -0.465 e. The molecule has 2 N–H and O–H groups in total. The van der Waals surface area contributed by atoms with Crippen LogP contribution in [0.15, 0.2) is 30.3 Å². The van der Waals surface area contributed by atoms with E-state index in [1.807, 2.05) is 30.3 Å². The van der Waals surface area contributed by atoms with Gasteiger partial charge in [-0.3, -0.25) is 4.79 Å². The lowest BCUT2D eigenvalue weighted by atomic mass is 10.1. The Balaban J connectivity index is 2.27. The standard InChI is InChI=1S/C14H21NO2/c1-2-3-7-10-17-14(16)13(15)11-12-8-5-4-6-9-12/h4-6,8-9,13H,2-3,7,10-11,15H2,1H3/t13-/m0/s1. The monoisotopic (exact) mass is 235 g/mol. The maximum absolute atomic E-state index is 11.6. The van der Waals surface area contributed by atoms with Crippen molar-refractivity contribution in [2.24, 2.45) is 5.73 Å². The van der Waals surface area contributed by atoms with Gasteiger partial charge in [0.25, 0.3) is 0 Å². The second-order valence-corrected chi connectivity index (χ2v) is 4.17. The molecule has 0 fully saturated rings. The number of benzene rings is 1. The summed E-state index contributed by atoms with van der Waals surface area (Å²) in [5.41, 5.74) is 6.85. The molecule has 0 heterocycles. The first-order valence-electron chi connectivity index (χ1n) is 6.20. The van der Waals surface area contributed by atoms with E-state index in [2.05, 4.69) is 6.92 Å². The number of hydrogen-bond donors (Lipinski definition) is 1. The van der Waals surface area contributed by atoms with Gasteiger partial charge in [0.15, 0.2) is 0 Å². The molecule has 0 unspecified atom stereocenters. The highest BCUT2D eigenvalue weighted by Gasteiger charge is 2.14. The van der Waals surface area contributed by atoms with Crippen molar-refractivity contribution in [2.75, 3.05) is 6.61 Å². The van der Waals surface area contributed by atoms with Crippen LogP contribution in [0.5, 0.6) is 0 Å². The molecule has 0 radical (unpaired) electrons. The van der Waals surface area contributed by atoms with E-state index in [0.29, 0.717) is 13.0 Å². The first kappa shape index (κ1) is 13.7. The summed E-state index contributed by atoms with van der Waals surface area (Å²) >= 11 is 0. The van der Waals surface area contributed by atoms with Gasteiger partial charge in [0.05, 0.1) is 6.61 Å². The molecule has 0 bridgehead atoms. The van der Waals surface area contributed by atoms with Crippen LogP contribution in [0.4, 0.5) is 0 Å². The summed E-state index contributed by atoms with van der Waals surface area (Å²) in [6.07, 6.45) is 3.66. The van der Waals surface area contributed by atoms with Gasteiger partial charge in [-0.05, 0) is 18.4 Å². The molecular formula is C14H21NO2. The molecule has 0 saturated carbocycles. The van der Waals surface area contributed by atoms with Crippen LogP contribution in [0.25, 0.3) is 0 Å². The van der Waals surface area contributed by atoms with Gasteiger partial charge in [-0.15, -0.1) is 0 Å². The fourth-order valence-corrected chi connectivity index (χ4v) is 1.58. The van der Waals surface area contributed by atoms with Gasteiger partial charge in [-0.2, -0.15) is 0 Å². The van der Waals surface area contributed by atoms with Crippen LogP contribution >= 0.6 is 0 Å². The molecule has 3 nitrogen and oxygen atoms in total. The summed E-state index contributed by atoms with van der Waals surface area (Å²) in [5, 5.41) is 0. The highest BCUT2D eigenvalue weighted by Crippen LogP contribution is 2.03. The molecular weight excluding hydrogens is 214 g/mol. The van der Waals surface area contributed by atoms with Gasteiger partial charge >= 0.3 is 5.97 Å². The van der Waals surface area contributed by atoms with Gasteiger partial charge in [0.1, 0.15) is 6.04 Å². The number of ether oxygens (including phenoxy) is 1. The van der Waals surface area contributed by atoms with E-state index in [4.69, 9.17) is 10.5 Å². The Bertz CT molecular complexity index is 324. The van der Waals surface area contributed by atoms with Crippen LogP contribution in [0.2, 0.25) is 0 Å². The van der Waals surface area contributed by atoms with Crippen molar-refractivity contribution < 1.29 is 9.53 Å². The smallest absolute Gasteiger partial charge is 0.323 e. The number of rotatable bonds is 7. The van der Waals surface area contributed by atoms with Crippen molar-refractivity contribution >= 4 is 5.97 Å². The van der Waals surface area contributed by atoms with Gasteiger partial charge < -0.3 is 10.5 Å². The molecule has 0 aromatic heterocycles. The molecule has 1 aromatic carbocycles. The Kier molecular flexibility index (Phi) is 6.33. The minimum atomic E-state index is -0.556. The average molecular weight is 235 g/mol. The van der Waals surface area contributed by atoms with Crippen molar-refractivity contribution in [3.05, 3.63) is 35.9 Å². The van der Waals surface area contributed by atoms with Crippen molar-refractivity contribution in [3.8, 4) is 0 Å². The molecule has 3 heteroatoms. The fourth-order valence-electron chi connectivity index (χ4n) is 1.58. The molecule has 0 spiro atoms. The Morgan fingerprint density at radius 2 is 2.00 bits per heavy atom. The van der Waals surface area contributed by atoms with Crippen LogP contribution in [0, 0.1) is 0 Å². The van der Waals surface area contributed by atoms with E-state index in [-0.39, 0.29) is 5.97 Å². The molecule has 0 amide bonds. The van der Waals surface area contributed by atoms with Crippen molar-refractivity contribution in [1.82, 2.24) is 0 Å². The predicted molar refractivity (Wildman–Crippen MR) is 68.6 cm³/mol. The highest BCUT2D eigenvalue weighted by atomic mass is 16.5. The van der Waals surface area contributed by atoms with E-state index < -0.39 is 6.04 Å². The average Bonchev–Trinajstić information content (AvgIpc) is 2.35. The zero-order chi connectivity index (χ0) is 12.5. The van der Waals surface area contributed by atoms with E-state index in [1.165, 1.54) is 0 Å². The molecule has 1 atom stereocenters. The lowest BCUT2D eigenvalue weighted by Crippen LogP contribution is -2.34. The SMILES string of the molecule is CCCCCOC(=O)[C@@H](N)Cc1ccccc1. The molecule has 0 aliphatic carbocycles.